The summed E-state index contributed by atoms with van der Waals surface area (Å²) in [5.74, 6) is -0.0587. The van der Waals surface area contributed by atoms with Crippen LogP contribution in [0.3, 0.4) is 0 Å². The Morgan fingerprint density at radius 1 is 1.03 bits per heavy atom. The smallest absolute Gasteiger partial charge is 0.334 e. The van der Waals surface area contributed by atoms with Gasteiger partial charge in [-0.05, 0) is 30.7 Å². The molecule has 1 aromatic heterocycles. The number of piperazine rings is 1. The number of aryl methyl sites for hydroxylation is 1. The van der Waals surface area contributed by atoms with Crippen molar-refractivity contribution in [2.45, 2.75) is 25.3 Å². The van der Waals surface area contributed by atoms with Crippen LogP contribution in [0.1, 0.15) is 18.1 Å². The average molecular weight is 417 g/mol. The lowest BCUT2D eigenvalue weighted by Gasteiger charge is -2.36. The van der Waals surface area contributed by atoms with E-state index < -0.39 is 16.1 Å². The third kappa shape index (κ3) is 4.73. The molecule has 2 aromatic rings. The van der Waals surface area contributed by atoms with Gasteiger partial charge in [-0.15, -0.1) is 0 Å². The zero-order valence-corrected chi connectivity index (χ0v) is 17.3. The van der Waals surface area contributed by atoms with Crippen LogP contribution in [-0.4, -0.2) is 65.6 Å². The van der Waals surface area contributed by atoms with Crippen molar-refractivity contribution >= 4 is 22.0 Å². The summed E-state index contributed by atoms with van der Waals surface area (Å²) in [6.45, 7) is 4.56. The number of urea groups is 1. The van der Waals surface area contributed by atoms with Crippen molar-refractivity contribution < 1.29 is 18.0 Å². The molecule has 154 valence electrons. The van der Waals surface area contributed by atoms with Crippen LogP contribution in [0.4, 0.5) is 4.79 Å². The van der Waals surface area contributed by atoms with Gasteiger partial charge in [0.05, 0.1) is 11.4 Å². The van der Waals surface area contributed by atoms with Crippen LogP contribution in [-0.2, 0) is 21.4 Å². The molecule has 0 atom stereocenters. The van der Waals surface area contributed by atoms with E-state index in [9.17, 15) is 18.0 Å². The van der Waals surface area contributed by atoms with E-state index in [1.807, 2.05) is 6.92 Å². The minimum absolute atomic E-state index is 0.0581. The monoisotopic (exact) mass is 416 g/mol. The fourth-order valence-electron chi connectivity index (χ4n) is 3.12. The number of sulfonamides is 1. The van der Waals surface area contributed by atoms with Crippen LogP contribution in [0.25, 0.3) is 0 Å². The summed E-state index contributed by atoms with van der Waals surface area (Å²) in [5, 5.41) is 0. The van der Waals surface area contributed by atoms with Gasteiger partial charge in [0.15, 0.2) is 0 Å². The standard InChI is InChI=1S/C20H24N4O4S/c1-16-5-7-19(8-6-16)29(27,28)24(15-18-4-3-9-21-14-18)20(26)23-12-10-22(11-13-23)17(2)25/h3-9,14H,10-13,15H2,1-2H3. The van der Waals surface area contributed by atoms with E-state index in [0.29, 0.717) is 18.7 Å². The maximum absolute atomic E-state index is 13.3. The molecular weight excluding hydrogens is 392 g/mol. The first-order valence-electron chi connectivity index (χ1n) is 9.32. The Morgan fingerprint density at radius 3 is 2.21 bits per heavy atom. The summed E-state index contributed by atoms with van der Waals surface area (Å²) in [6, 6.07) is 9.23. The number of benzene rings is 1. The highest BCUT2D eigenvalue weighted by atomic mass is 32.2. The van der Waals surface area contributed by atoms with Gasteiger partial charge < -0.3 is 9.80 Å². The minimum atomic E-state index is -4.06. The minimum Gasteiger partial charge on any atom is -0.339 e. The van der Waals surface area contributed by atoms with E-state index >= 15 is 0 Å². The molecule has 1 aliphatic heterocycles. The Balaban J connectivity index is 1.90. The van der Waals surface area contributed by atoms with E-state index in [4.69, 9.17) is 0 Å². The van der Waals surface area contributed by atoms with Crippen LogP contribution in [0.15, 0.2) is 53.7 Å². The maximum Gasteiger partial charge on any atom is 0.334 e. The van der Waals surface area contributed by atoms with Crippen molar-refractivity contribution in [1.29, 1.82) is 0 Å². The molecule has 1 aliphatic rings. The van der Waals surface area contributed by atoms with E-state index in [0.717, 1.165) is 9.87 Å². The van der Waals surface area contributed by atoms with Crippen LogP contribution in [0, 0.1) is 6.92 Å². The molecule has 0 saturated carbocycles. The summed E-state index contributed by atoms with van der Waals surface area (Å²) in [5.41, 5.74) is 1.54. The second-order valence-electron chi connectivity index (χ2n) is 6.96. The Morgan fingerprint density at radius 2 is 1.66 bits per heavy atom. The van der Waals surface area contributed by atoms with E-state index in [-0.39, 0.29) is 30.4 Å². The number of hydrogen-bond donors (Lipinski definition) is 0. The van der Waals surface area contributed by atoms with Crippen molar-refractivity contribution in [3.8, 4) is 0 Å². The number of carbonyl (C=O) groups excluding carboxylic acids is 2. The lowest BCUT2D eigenvalue weighted by Crippen LogP contribution is -2.54. The van der Waals surface area contributed by atoms with Crippen molar-refractivity contribution in [2.24, 2.45) is 0 Å². The lowest BCUT2D eigenvalue weighted by atomic mass is 10.2. The van der Waals surface area contributed by atoms with Gasteiger partial charge in [0.25, 0.3) is 10.0 Å². The van der Waals surface area contributed by atoms with Gasteiger partial charge in [-0.1, -0.05) is 23.8 Å². The Labute approximate surface area is 170 Å². The first kappa shape index (κ1) is 20.8. The zero-order chi connectivity index (χ0) is 21.0. The molecule has 29 heavy (non-hydrogen) atoms. The van der Waals surface area contributed by atoms with Crippen LogP contribution >= 0.6 is 0 Å². The molecule has 0 unspecified atom stereocenters. The van der Waals surface area contributed by atoms with E-state index in [2.05, 4.69) is 4.98 Å². The Hall–Kier alpha value is -2.94. The molecule has 3 amide bonds. The number of pyridine rings is 1. The molecule has 0 spiro atoms. The fraction of sp³-hybridized carbons (Fsp3) is 0.350. The largest absolute Gasteiger partial charge is 0.339 e. The van der Waals surface area contributed by atoms with Gasteiger partial charge in [0.1, 0.15) is 0 Å². The molecule has 0 radical (unpaired) electrons. The third-order valence-electron chi connectivity index (χ3n) is 4.87. The summed E-state index contributed by atoms with van der Waals surface area (Å²) in [7, 11) is -4.06. The van der Waals surface area contributed by atoms with Gasteiger partial charge in [-0.3, -0.25) is 9.78 Å². The number of rotatable bonds is 4. The summed E-state index contributed by atoms with van der Waals surface area (Å²) >= 11 is 0. The maximum atomic E-state index is 13.3. The number of nitrogens with zero attached hydrogens (tertiary/aromatic N) is 4. The van der Waals surface area contributed by atoms with Crippen LogP contribution in [0.2, 0.25) is 0 Å². The quantitative estimate of drug-likeness (QED) is 0.759. The number of hydrogen-bond acceptors (Lipinski definition) is 5. The molecule has 0 aliphatic carbocycles. The van der Waals surface area contributed by atoms with Crippen molar-refractivity contribution in [3.63, 3.8) is 0 Å². The number of aromatic nitrogens is 1. The van der Waals surface area contributed by atoms with Gasteiger partial charge in [0.2, 0.25) is 5.91 Å². The molecule has 9 heteroatoms. The van der Waals surface area contributed by atoms with E-state index in [1.54, 1.807) is 41.6 Å². The summed E-state index contributed by atoms with van der Waals surface area (Å²) in [4.78, 5) is 31.9. The predicted molar refractivity (Wildman–Crippen MR) is 107 cm³/mol. The molecular formula is C20H24N4O4S. The Bertz CT molecular complexity index is 969. The molecule has 3 rings (SSSR count). The lowest BCUT2D eigenvalue weighted by molar-refractivity contribution is -0.130. The molecule has 1 aromatic carbocycles. The van der Waals surface area contributed by atoms with Crippen molar-refractivity contribution in [1.82, 2.24) is 19.1 Å². The number of carbonyl (C=O) groups is 2. The highest BCUT2D eigenvalue weighted by Gasteiger charge is 2.34. The average Bonchev–Trinajstić information content (AvgIpc) is 2.72. The highest BCUT2D eigenvalue weighted by molar-refractivity contribution is 7.89. The van der Waals surface area contributed by atoms with Crippen LogP contribution < -0.4 is 0 Å². The second-order valence-corrected chi connectivity index (χ2v) is 8.82. The van der Waals surface area contributed by atoms with E-state index in [1.165, 1.54) is 24.0 Å². The second kappa shape index (κ2) is 8.60. The predicted octanol–water partition coefficient (Wildman–Crippen LogP) is 1.87. The first-order valence-corrected chi connectivity index (χ1v) is 10.8. The fourth-order valence-corrected chi connectivity index (χ4v) is 4.50. The number of amides is 3. The SMILES string of the molecule is CC(=O)N1CCN(C(=O)N(Cc2cccnc2)S(=O)(=O)c2ccc(C)cc2)CC1. The summed E-state index contributed by atoms with van der Waals surface area (Å²) in [6.07, 6.45) is 3.13. The molecule has 1 saturated heterocycles. The Kier molecular flexibility index (Phi) is 6.17. The highest BCUT2D eigenvalue weighted by Crippen LogP contribution is 2.21. The van der Waals surface area contributed by atoms with Crippen molar-refractivity contribution in [2.75, 3.05) is 26.2 Å². The third-order valence-corrected chi connectivity index (χ3v) is 6.60. The van der Waals surface area contributed by atoms with Gasteiger partial charge in [0, 0.05) is 45.5 Å². The molecule has 0 N–H and O–H groups in total. The normalized spacial score (nSPS) is 14.6. The first-order chi connectivity index (χ1) is 13.8. The molecule has 0 bridgehead atoms. The molecule has 8 nitrogen and oxygen atoms in total. The van der Waals surface area contributed by atoms with Crippen molar-refractivity contribution in [3.05, 3.63) is 59.9 Å². The van der Waals surface area contributed by atoms with Crippen LogP contribution in [0.5, 0.6) is 0 Å². The molecule has 1 fully saturated rings. The van der Waals surface area contributed by atoms with Gasteiger partial charge in [-0.2, -0.15) is 0 Å². The van der Waals surface area contributed by atoms with Gasteiger partial charge >= 0.3 is 6.03 Å². The molecule has 2 heterocycles. The topological polar surface area (TPSA) is 90.9 Å². The summed E-state index contributed by atoms with van der Waals surface area (Å²) < 4.78 is 27.5. The van der Waals surface area contributed by atoms with Gasteiger partial charge in [-0.25, -0.2) is 17.5 Å². The zero-order valence-electron chi connectivity index (χ0n) is 16.5.